The fourth-order valence-electron chi connectivity index (χ4n) is 4.23. The van der Waals surface area contributed by atoms with Crippen molar-refractivity contribution >= 4 is 23.4 Å². The summed E-state index contributed by atoms with van der Waals surface area (Å²) in [5.41, 5.74) is 0.947. The van der Waals surface area contributed by atoms with Crippen molar-refractivity contribution < 1.29 is 18.7 Å². The fraction of sp³-hybridized carbons (Fsp3) is 0.526. The number of ether oxygens (including phenoxy) is 1. The van der Waals surface area contributed by atoms with Gasteiger partial charge in [-0.25, -0.2) is 9.18 Å². The first-order valence-electron chi connectivity index (χ1n) is 9.34. The minimum Gasteiger partial charge on any atom is -0.442 e. The van der Waals surface area contributed by atoms with E-state index in [1.807, 2.05) is 4.90 Å². The maximum absolute atomic E-state index is 14.8. The summed E-state index contributed by atoms with van der Waals surface area (Å²) >= 11 is 0. The molecule has 9 heteroatoms. The average molecular weight is 387 g/mol. The third kappa shape index (κ3) is 3.36. The Hall–Kier alpha value is -2.86. The molecule has 0 saturated carbocycles. The average Bonchev–Trinajstić information content (AvgIpc) is 3.18. The maximum Gasteiger partial charge on any atom is 0.414 e. The number of rotatable bonds is 5. The number of carbonyl (C=O) groups is 2. The van der Waals surface area contributed by atoms with Crippen LogP contribution in [0.2, 0.25) is 0 Å². The number of nitriles is 1. The van der Waals surface area contributed by atoms with Crippen LogP contribution in [0, 0.1) is 23.1 Å². The van der Waals surface area contributed by atoms with E-state index in [1.165, 1.54) is 17.9 Å². The van der Waals surface area contributed by atoms with E-state index in [2.05, 4.69) is 16.3 Å². The predicted octanol–water partition coefficient (Wildman–Crippen LogP) is 0.931. The normalized spacial score (nSPS) is 26.5. The van der Waals surface area contributed by atoms with Crippen LogP contribution in [0.1, 0.15) is 6.92 Å². The Kier molecular flexibility index (Phi) is 4.81. The number of carbonyl (C=O) groups excluding carboxylic acids is 2. The van der Waals surface area contributed by atoms with Crippen LogP contribution in [0.5, 0.6) is 0 Å². The summed E-state index contributed by atoms with van der Waals surface area (Å²) in [5.74, 6) is -0.114. The molecule has 148 valence electrons. The van der Waals surface area contributed by atoms with Gasteiger partial charge in [-0.05, 0) is 18.2 Å². The number of hydrogen-bond donors (Lipinski definition) is 1. The van der Waals surface area contributed by atoms with E-state index >= 15 is 0 Å². The van der Waals surface area contributed by atoms with Crippen molar-refractivity contribution in [2.45, 2.75) is 19.1 Å². The number of cyclic esters (lactones) is 1. The Morgan fingerprint density at radius 3 is 2.89 bits per heavy atom. The smallest absolute Gasteiger partial charge is 0.414 e. The summed E-state index contributed by atoms with van der Waals surface area (Å²) in [6, 6.07) is 7.24. The lowest BCUT2D eigenvalue weighted by atomic mass is 9.92. The molecule has 3 fully saturated rings. The highest BCUT2D eigenvalue weighted by Gasteiger charge is 2.45. The summed E-state index contributed by atoms with van der Waals surface area (Å²) in [4.78, 5) is 28.6. The zero-order valence-electron chi connectivity index (χ0n) is 15.6. The van der Waals surface area contributed by atoms with Gasteiger partial charge in [0.05, 0.1) is 37.1 Å². The summed E-state index contributed by atoms with van der Waals surface area (Å²) in [5, 5.41) is 11.5. The van der Waals surface area contributed by atoms with Gasteiger partial charge in [-0.2, -0.15) is 5.26 Å². The Morgan fingerprint density at radius 1 is 1.36 bits per heavy atom. The fourth-order valence-corrected chi connectivity index (χ4v) is 4.23. The molecule has 3 aliphatic heterocycles. The van der Waals surface area contributed by atoms with Crippen molar-refractivity contribution in [3.8, 4) is 6.07 Å². The molecule has 3 heterocycles. The highest BCUT2D eigenvalue weighted by Crippen LogP contribution is 2.36. The lowest BCUT2D eigenvalue weighted by molar-refractivity contribution is -0.119. The first-order valence-corrected chi connectivity index (χ1v) is 9.34. The van der Waals surface area contributed by atoms with E-state index in [4.69, 9.17) is 10.00 Å². The second kappa shape index (κ2) is 7.28. The van der Waals surface area contributed by atoms with Gasteiger partial charge in [-0.15, -0.1) is 0 Å². The molecule has 0 radical (unpaired) electrons. The minimum atomic E-state index is -0.547. The van der Waals surface area contributed by atoms with Crippen LogP contribution in [-0.2, 0) is 9.53 Å². The van der Waals surface area contributed by atoms with Crippen LogP contribution >= 0.6 is 0 Å². The molecule has 3 aliphatic rings. The molecule has 0 aliphatic carbocycles. The molecule has 3 atom stereocenters. The van der Waals surface area contributed by atoms with Crippen molar-refractivity contribution in [2.75, 3.05) is 49.1 Å². The highest BCUT2D eigenvalue weighted by atomic mass is 19.1. The number of amides is 2. The number of anilines is 2. The molecule has 0 spiro atoms. The van der Waals surface area contributed by atoms with Crippen LogP contribution in [0.3, 0.4) is 0 Å². The second-order valence-corrected chi connectivity index (χ2v) is 7.51. The lowest BCUT2D eigenvalue weighted by Gasteiger charge is -2.41. The number of hydrogen-bond acceptors (Lipinski definition) is 6. The van der Waals surface area contributed by atoms with Gasteiger partial charge in [0.15, 0.2) is 0 Å². The number of likely N-dealkylation sites (tertiary alicyclic amines) is 1. The van der Waals surface area contributed by atoms with E-state index in [1.54, 1.807) is 12.1 Å². The molecule has 1 aromatic carbocycles. The number of nitrogens with one attached hydrogen (secondary N) is 1. The molecule has 2 amide bonds. The van der Waals surface area contributed by atoms with E-state index in [0.29, 0.717) is 36.4 Å². The van der Waals surface area contributed by atoms with Crippen molar-refractivity contribution in [2.24, 2.45) is 5.92 Å². The van der Waals surface area contributed by atoms with Gasteiger partial charge in [0.25, 0.3) is 0 Å². The summed E-state index contributed by atoms with van der Waals surface area (Å²) in [7, 11) is 0. The quantitative estimate of drug-likeness (QED) is 0.757. The van der Waals surface area contributed by atoms with Gasteiger partial charge in [0, 0.05) is 38.5 Å². The molecular formula is C19H22FN5O3. The van der Waals surface area contributed by atoms with Crippen LogP contribution < -0.4 is 15.1 Å². The molecule has 4 rings (SSSR count). The number of halogens is 1. The Bertz CT molecular complexity index is 841. The molecule has 0 aromatic heterocycles. The third-order valence-electron chi connectivity index (χ3n) is 5.65. The molecule has 3 saturated heterocycles. The zero-order valence-corrected chi connectivity index (χ0v) is 15.6. The minimum absolute atomic E-state index is 0.196. The molecular weight excluding hydrogens is 365 g/mol. The van der Waals surface area contributed by atoms with Crippen molar-refractivity contribution in [3.63, 3.8) is 0 Å². The standard InChI is InChI=1S/C19H22FN5O3/c1-12(26)22-7-15-10-25(19(27)28-15)14-2-3-17(16(20)6-14)24-9-13-8-23(5-4-21)18(13)11-24/h2-3,6,13,15,18H,5,7-11H2,1H3,(H,22,26)/t13-,15+,18+/m1/s1. The van der Waals surface area contributed by atoms with Gasteiger partial charge in [0.1, 0.15) is 11.9 Å². The van der Waals surface area contributed by atoms with Crippen molar-refractivity contribution in [1.82, 2.24) is 10.2 Å². The van der Waals surface area contributed by atoms with Gasteiger partial charge < -0.3 is 15.0 Å². The molecule has 1 N–H and O–H groups in total. The molecule has 0 bridgehead atoms. The summed E-state index contributed by atoms with van der Waals surface area (Å²) in [6.45, 7) is 4.65. The Balaban J connectivity index is 1.42. The molecule has 28 heavy (non-hydrogen) atoms. The van der Waals surface area contributed by atoms with Gasteiger partial charge in [0.2, 0.25) is 5.91 Å². The first-order chi connectivity index (χ1) is 13.5. The highest BCUT2D eigenvalue weighted by molar-refractivity contribution is 5.90. The van der Waals surface area contributed by atoms with Gasteiger partial charge in [-0.3, -0.25) is 14.6 Å². The largest absolute Gasteiger partial charge is 0.442 e. The van der Waals surface area contributed by atoms with Crippen molar-refractivity contribution in [1.29, 1.82) is 5.26 Å². The predicted molar refractivity (Wildman–Crippen MR) is 99.4 cm³/mol. The van der Waals surface area contributed by atoms with Crippen molar-refractivity contribution in [3.05, 3.63) is 24.0 Å². The van der Waals surface area contributed by atoms with Gasteiger partial charge >= 0.3 is 6.09 Å². The van der Waals surface area contributed by atoms with Crippen LogP contribution in [0.15, 0.2) is 18.2 Å². The van der Waals surface area contributed by atoms with Gasteiger partial charge in [-0.1, -0.05) is 0 Å². The molecule has 8 nitrogen and oxygen atoms in total. The van der Waals surface area contributed by atoms with E-state index < -0.39 is 12.2 Å². The SMILES string of the molecule is CC(=O)NC[C@H]1CN(c2ccc(N3C[C@H]4CN(CC#N)[C@H]4C3)c(F)c2)C(=O)O1. The first kappa shape index (κ1) is 18.5. The van der Waals surface area contributed by atoms with E-state index in [9.17, 15) is 14.0 Å². The Morgan fingerprint density at radius 2 is 2.18 bits per heavy atom. The summed E-state index contributed by atoms with van der Waals surface area (Å²) < 4.78 is 20.0. The maximum atomic E-state index is 14.8. The molecule has 0 unspecified atom stereocenters. The lowest BCUT2D eigenvalue weighted by Crippen LogP contribution is -2.55. The zero-order chi connectivity index (χ0) is 19.8. The van der Waals surface area contributed by atoms with E-state index in [0.717, 1.165) is 13.1 Å². The Labute approximate surface area is 162 Å². The third-order valence-corrected chi connectivity index (χ3v) is 5.65. The van der Waals surface area contributed by atoms with E-state index in [-0.39, 0.29) is 24.8 Å². The monoisotopic (exact) mass is 387 g/mol. The number of nitrogens with zero attached hydrogens (tertiary/aromatic N) is 4. The second-order valence-electron chi connectivity index (χ2n) is 7.51. The number of benzene rings is 1. The van der Waals surface area contributed by atoms with Crippen LogP contribution in [0.4, 0.5) is 20.6 Å². The molecule has 1 aromatic rings. The van der Waals surface area contributed by atoms with Crippen LogP contribution in [-0.4, -0.2) is 68.3 Å². The van der Waals surface area contributed by atoms with Crippen LogP contribution in [0.25, 0.3) is 0 Å². The topological polar surface area (TPSA) is 88.9 Å². The summed E-state index contributed by atoms with van der Waals surface area (Å²) in [6.07, 6.45) is -1.01. The number of fused-ring (bicyclic) bond motifs is 1.